The first-order chi connectivity index (χ1) is 15.3. The molecule has 0 saturated heterocycles. The minimum atomic E-state index is -3.76. The van der Waals surface area contributed by atoms with Gasteiger partial charge in [-0.2, -0.15) is 0 Å². The lowest BCUT2D eigenvalue weighted by molar-refractivity contribution is 0.0939. The summed E-state index contributed by atoms with van der Waals surface area (Å²) in [5.41, 5.74) is 2.12. The molecule has 0 saturated carbocycles. The second kappa shape index (κ2) is 10.3. The molecule has 0 fully saturated rings. The smallest absolute Gasteiger partial charge is 0.251 e. The van der Waals surface area contributed by atoms with E-state index >= 15 is 0 Å². The molecule has 0 bridgehead atoms. The van der Waals surface area contributed by atoms with Crippen LogP contribution in [0.4, 0.5) is 0 Å². The van der Waals surface area contributed by atoms with E-state index in [1.54, 1.807) is 49.6 Å². The number of hydrogen-bond donors (Lipinski definition) is 2. The van der Waals surface area contributed by atoms with Crippen LogP contribution in [0.15, 0.2) is 71.9 Å². The van der Waals surface area contributed by atoms with E-state index < -0.39 is 10.0 Å². The Morgan fingerprint density at radius 3 is 2.34 bits per heavy atom. The lowest BCUT2D eigenvalue weighted by Gasteiger charge is -2.16. The van der Waals surface area contributed by atoms with Gasteiger partial charge >= 0.3 is 0 Å². The fourth-order valence-electron chi connectivity index (χ4n) is 2.99. The number of carbonyl (C=O) groups excluding carboxylic acids is 1. The van der Waals surface area contributed by atoms with Crippen LogP contribution in [0.3, 0.4) is 0 Å². The van der Waals surface area contributed by atoms with Crippen molar-refractivity contribution < 1.29 is 22.7 Å². The fourth-order valence-corrected chi connectivity index (χ4v) is 3.50. The number of primary sulfonamides is 1. The number of rotatable bonds is 9. The Hall–Kier alpha value is -3.43. The topological polar surface area (TPSA) is 121 Å². The standard InChI is InChI=1S/C23H25N3O5S/c1-3-30-22-14-19(6-9-21(22)31-15-17-10-12-25-13-11-17)23(27)26-16(2)18-4-7-20(8-5-18)32(24,28)29/h4-14,16H,3,15H2,1-2H3,(H,26,27)(H2,24,28,29). The first-order valence-electron chi connectivity index (χ1n) is 10.00. The summed E-state index contributed by atoms with van der Waals surface area (Å²) < 4.78 is 34.3. The van der Waals surface area contributed by atoms with E-state index in [-0.39, 0.29) is 16.8 Å². The molecule has 0 aliphatic heterocycles. The van der Waals surface area contributed by atoms with E-state index in [9.17, 15) is 13.2 Å². The van der Waals surface area contributed by atoms with Gasteiger partial charge in [-0.05, 0) is 67.4 Å². The Labute approximate surface area is 187 Å². The first-order valence-corrected chi connectivity index (χ1v) is 11.5. The number of nitrogens with zero attached hydrogens (tertiary/aromatic N) is 1. The molecule has 3 rings (SSSR count). The summed E-state index contributed by atoms with van der Waals surface area (Å²) in [5.74, 6) is 0.709. The normalized spacial score (nSPS) is 12.1. The Morgan fingerprint density at radius 1 is 1.03 bits per heavy atom. The minimum absolute atomic E-state index is 0.0171. The van der Waals surface area contributed by atoms with Crippen molar-refractivity contribution in [3.63, 3.8) is 0 Å². The number of amides is 1. The van der Waals surface area contributed by atoms with Crippen LogP contribution < -0.4 is 19.9 Å². The number of sulfonamides is 1. The monoisotopic (exact) mass is 455 g/mol. The van der Waals surface area contributed by atoms with E-state index in [1.807, 2.05) is 19.1 Å². The van der Waals surface area contributed by atoms with Crippen molar-refractivity contribution in [2.45, 2.75) is 31.4 Å². The highest BCUT2D eigenvalue weighted by Crippen LogP contribution is 2.29. The highest BCUT2D eigenvalue weighted by molar-refractivity contribution is 7.89. The molecule has 2 aromatic carbocycles. The van der Waals surface area contributed by atoms with E-state index in [0.29, 0.717) is 30.3 Å². The second-order valence-electron chi connectivity index (χ2n) is 7.05. The van der Waals surface area contributed by atoms with Crippen molar-refractivity contribution in [3.05, 3.63) is 83.7 Å². The average molecular weight is 456 g/mol. The zero-order valence-corrected chi connectivity index (χ0v) is 18.6. The Balaban J connectivity index is 1.70. The third-order valence-corrected chi connectivity index (χ3v) is 5.63. The number of nitrogens with one attached hydrogen (secondary N) is 1. The van der Waals surface area contributed by atoms with Crippen LogP contribution in [0.25, 0.3) is 0 Å². The number of carbonyl (C=O) groups is 1. The Morgan fingerprint density at radius 2 is 1.72 bits per heavy atom. The lowest BCUT2D eigenvalue weighted by Crippen LogP contribution is -2.26. The van der Waals surface area contributed by atoms with Gasteiger partial charge in [0.25, 0.3) is 5.91 Å². The van der Waals surface area contributed by atoms with Crippen LogP contribution in [0.5, 0.6) is 11.5 Å². The van der Waals surface area contributed by atoms with Gasteiger partial charge in [-0.1, -0.05) is 12.1 Å². The summed E-state index contributed by atoms with van der Waals surface area (Å²) >= 11 is 0. The van der Waals surface area contributed by atoms with Gasteiger partial charge < -0.3 is 14.8 Å². The van der Waals surface area contributed by atoms with Gasteiger partial charge in [-0.25, -0.2) is 13.6 Å². The molecule has 8 nitrogen and oxygen atoms in total. The highest BCUT2D eigenvalue weighted by Gasteiger charge is 2.16. The molecular weight excluding hydrogens is 430 g/mol. The number of pyridine rings is 1. The van der Waals surface area contributed by atoms with Crippen molar-refractivity contribution in [2.75, 3.05) is 6.61 Å². The molecule has 9 heteroatoms. The second-order valence-corrected chi connectivity index (χ2v) is 8.61. The van der Waals surface area contributed by atoms with Crippen LogP contribution in [-0.2, 0) is 16.6 Å². The quantitative estimate of drug-likeness (QED) is 0.511. The van der Waals surface area contributed by atoms with Crippen LogP contribution >= 0.6 is 0 Å². The maximum absolute atomic E-state index is 12.8. The highest BCUT2D eigenvalue weighted by atomic mass is 32.2. The van der Waals surface area contributed by atoms with E-state index in [1.165, 1.54) is 12.1 Å². The van der Waals surface area contributed by atoms with Crippen LogP contribution in [0.2, 0.25) is 0 Å². The summed E-state index contributed by atoms with van der Waals surface area (Å²) in [6.45, 7) is 4.43. The third-order valence-electron chi connectivity index (χ3n) is 4.71. The van der Waals surface area contributed by atoms with Gasteiger partial charge in [0.05, 0.1) is 17.5 Å². The first kappa shape index (κ1) is 23.2. The maximum atomic E-state index is 12.8. The van der Waals surface area contributed by atoms with Gasteiger partial charge in [0.15, 0.2) is 11.5 Å². The zero-order valence-electron chi connectivity index (χ0n) is 17.8. The summed E-state index contributed by atoms with van der Waals surface area (Å²) in [6, 6.07) is 14.4. The van der Waals surface area contributed by atoms with Crippen molar-refractivity contribution in [1.29, 1.82) is 0 Å². The molecule has 3 N–H and O–H groups in total. The molecule has 0 radical (unpaired) electrons. The van der Waals surface area contributed by atoms with Gasteiger partial charge in [-0.15, -0.1) is 0 Å². The van der Waals surface area contributed by atoms with Gasteiger partial charge in [0, 0.05) is 18.0 Å². The van der Waals surface area contributed by atoms with Crippen LogP contribution in [0.1, 0.15) is 41.4 Å². The molecule has 0 aliphatic rings. The van der Waals surface area contributed by atoms with Crippen molar-refractivity contribution in [3.8, 4) is 11.5 Å². The molecule has 0 spiro atoms. The SMILES string of the molecule is CCOc1cc(C(=O)NC(C)c2ccc(S(N)(=O)=O)cc2)ccc1OCc1ccncc1. The summed E-state index contributed by atoms with van der Waals surface area (Å²) in [5, 5.41) is 8.02. The Bertz CT molecular complexity index is 1170. The molecule has 1 aromatic heterocycles. The summed E-state index contributed by atoms with van der Waals surface area (Å²) in [6.07, 6.45) is 3.39. The van der Waals surface area contributed by atoms with E-state index in [2.05, 4.69) is 10.3 Å². The number of ether oxygens (including phenoxy) is 2. The molecule has 1 amide bonds. The molecule has 1 unspecified atom stereocenters. The average Bonchev–Trinajstić information content (AvgIpc) is 2.78. The van der Waals surface area contributed by atoms with Crippen molar-refractivity contribution >= 4 is 15.9 Å². The molecule has 1 heterocycles. The maximum Gasteiger partial charge on any atom is 0.251 e. The van der Waals surface area contributed by atoms with Gasteiger partial charge in [0.1, 0.15) is 6.61 Å². The molecule has 168 valence electrons. The summed E-state index contributed by atoms with van der Waals surface area (Å²) in [7, 11) is -3.76. The van der Waals surface area contributed by atoms with Crippen LogP contribution in [0, 0.1) is 0 Å². The molecule has 32 heavy (non-hydrogen) atoms. The number of benzene rings is 2. The number of aromatic nitrogens is 1. The molecule has 3 aromatic rings. The molecular formula is C23H25N3O5S. The minimum Gasteiger partial charge on any atom is -0.490 e. The van der Waals surface area contributed by atoms with Gasteiger partial charge in [0.2, 0.25) is 10.0 Å². The summed E-state index contributed by atoms with van der Waals surface area (Å²) in [4.78, 5) is 16.8. The fraction of sp³-hybridized carbons (Fsp3) is 0.217. The van der Waals surface area contributed by atoms with Crippen molar-refractivity contribution in [2.24, 2.45) is 5.14 Å². The van der Waals surface area contributed by atoms with E-state index in [4.69, 9.17) is 14.6 Å². The van der Waals surface area contributed by atoms with Crippen molar-refractivity contribution in [1.82, 2.24) is 10.3 Å². The van der Waals surface area contributed by atoms with Gasteiger partial charge in [-0.3, -0.25) is 9.78 Å². The Kier molecular flexibility index (Phi) is 7.45. The zero-order chi connectivity index (χ0) is 23.1. The molecule has 0 aliphatic carbocycles. The third kappa shape index (κ3) is 6.05. The lowest BCUT2D eigenvalue weighted by atomic mass is 10.1. The van der Waals surface area contributed by atoms with Crippen LogP contribution in [-0.4, -0.2) is 25.9 Å². The van der Waals surface area contributed by atoms with E-state index in [0.717, 1.165) is 11.1 Å². The number of nitrogens with two attached hydrogens (primary N) is 1. The molecule has 1 atom stereocenters. The largest absolute Gasteiger partial charge is 0.490 e. The predicted molar refractivity (Wildman–Crippen MR) is 120 cm³/mol. The number of hydrogen-bond acceptors (Lipinski definition) is 6. The predicted octanol–water partition coefficient (Wildman–Crippen LogP) is 3.20.